The molecule has 0 aromatic heterocycles. The predicted octanol–water partition coefficient (Wildman–Crippen LogP) is 5.45. The first-order valence-electron chi connectivity index (χ1n) is 7.57. The number of anilines is 2. The van der Waals surface area contributed by atoms with Crippen molar-refractivity contribution in [1.29, 1.82) is 0 Å². The first-order chi connectivity index (χ1) is 12.6. The van der Waals surface area contributed by atoms with Crippen LogP contribution in [-0.4, -0.2) is 17.1 Å². The van der Waals surface area contributed by atoms with Crippen molar-refractivity contribution in [2.24, 2.45) is 0 Å². The summed E-state index contributed by atoms with van der Waals surface area (Å²) < 4.78 is 38.3. The molecular weight excluding hydrogens is 424 g/mol. The minimum absolute atomic E-state index is 0.0842. The zero-order valence-corrected chi connectivity index (χ0v) is 15.7. The van der Waals surface area contributed by atoms with E-state index in [0.29, 0.717) is 15.6 Å². The average Bonchev–Trinajstić information content (AvgIpc) is 2.57. The molecule has 0 fully saturated rings. The minimum Gasteiger partial charge on any atom is -0.326 e. The molecule has 2 N–H and O–H groups in total. The van der Waals surface area contributed by atoms with Gasteiger partial charge in [-0.15, -0.1) is 11.8 Å². The molecule has 0 spiro atoms. The van der Waals surface area contributed by atoms with E-state index in [0.717, 1.165) is 23.9 Å². The van der Waals surface area contributed by atoms with Gasteiger partial charge in [-0.25, -0.2) is 0 Å². The van der Waals surface area contributed by atoms with Gasteiger partial charge in [0, 0.05) is 17.0 Å². The Labute approximate surface area is 166 Å². The lowest BCUT2D eigenvalue weighted by atomic mass is 10.1. The van der Waals surface area contributed by atoms with E-state index in [1.807, 2.05) is 0 Å². The van der Waals surface area contributed by atoms with Gasteiger partial charge in [-0.2, -0.15) is 13.2 Å². The number of benzene rings is 2. The summed E-state index contributed by atoms with van der Waals surface area (Å²) in [6, 6.07) is 7.67. The molecule has 0 radical (unpaired) electrons. The lowest BCUT2D eigenvalue weighted by molar-refractivity contribution is -0.137. The third-order valence-electron chi connectivity index (χ3n) is 3.70. The van der Waals surface area contributed by atoms with Crippen molar-refractivity contribution >= 4 is 58.2 Å². The van der Waals surface area contributed by atoms with Crippen molar-refractivity contribution in [2.75, 3.05) is 10.6 Å². The van der Waals surface area contributed by atoms with Crippen molar-refractivity contribution < 1.29 is 22.8 Å². The van der Waals surface area contributed by atoms with E-state index in [1.165, 1.54) is 18.2 Å². The van der Waals surface area contributed by atoms with Crippen LogP contribution in [0.15, 0.2) is 41.3 Å². The van der Waals surface area contributed by atoms with E-state index in [4.69, 9.17) is 23.2 Å². The van der Waals surface area contributed by atoms with Crippen LogP contribution in [0.3, 0.4) is 0 Å². The Kier molecular flexibility index (Phi) is 5.60. The summed E-state index contributed by atoms with van der Waals surface area (Å²) in [6.07, 6.45) is -4.65. The summed E-state index contributed by atoms with van der Waals surface area (Å²) in [5, 5.41) is 4.88. The number of fused-ring (bicyclic) bond motifs is 1. The molecule has 1 atom stereocenters. The highest BCUT2D eigenvalue weighted by atomic mass is 35.5. The van der Waals surface area contributed by atoms with Crippen LogP contribution >= 0.6 is 35.0 Å². The number of carbonyl (C=O) groups is 2. The largest absolute Gasteiger partial charge is 0.416 e. The molecule has 0 saturated carbocycles. The van der Waals surface area contributed by atoms with E-state index in [2.05, 4.69) is 10.6 Å². The summed E-state index contributed by atoms with van der Waals surface area (Å²) >= 11 is 12.7. The Hall–Kier alpha value is -1.90. The average molecular weight is 435 g/mol. The van der Waals surface area contributed by atoms with E-state index in [1.54, 1.807) is 6.07 Å². The summed E-state index contributed by atoms with van der Waals surface area (Å²) in [6.45, 7) is 0. The Morgan fingerprint density at radius 3 is 2.56 bits per heavy atom. The molecule has 10 heteroatoms. The Bertz CT molecular complexity index is 922. The van der Waals surface area contributed by atoms with Gasteiger partial charge in [-0.05, 0) is 36.4 Å². The third kappa shape index (κ3) is 4.69. The highest BCUT2D eigenvalue weighted by Crippen LogP contribution is 2.40. The maximum Gasteiger partial charge on any atom is 0.416 e. The van der Waals surface area contributed by atoms with Gasteiger partial charge in [-0.3, -0.25) is 9.59 Å². The Morgan fingerprint density at radius 2 is 1.89 bits per heavy atom. The van der Waals surface area contributed by atoms with Crippen molar-refractivity contribution in [1.82, 2.24) is 0 Å². The molecule has 2 aromatic rings. The van der Waals surface area contributed by atoms with Crippen LogP contribution in [0.4, 0.5) is 24.5 Å². The molecule has 2 aromatic carbocycles. The fourth-order valence-electron chi connectivity index (χ4n) is 2.42. The second kappa shape index (κ2) is 7.61. The zero-order valence-electron chi connectivity index (χ0n) is 13.4. The number of hydrogen-bond acceptors (Lipinski definition) is 3. The Balaban J connectivity index is 1.69. The van der Waals surface area contributed by atoms with Crippen LogP contribution in [0.2, 0.25) is 10.0 Å². The molecule has 4 nitrogen and oxygen atoms in total. The molecule has 1 aliphatic rings. The summed E-state index contributed by atoms with van der Waals surface area (Å²) in [5.41, 5.74) is -0.343. The van der Waals surface area contributed by atoms with Crippen LogP contribution in [0.1, 0.15) is 12.0 Å². The number of rotatable bonds is 3. The summed E-state index contributed by atoms with van der Waals surface area (Å²) in [7, 11) is 0. The quantitative estimate of drug-likeness (QED) is 0.674. The highest BCUT2D eigenvalue weighted by Gasteiger charge is 2.34. The SMILES string of the molecule is O=C(CC1Sc2ccc(C(F)(F)F)cc2NC1=O)Nc1ccc(Cl)c(Cl)c1. The Morgan fingerprint density at radius 1 is 1.15 bits per heavy atom. The fourth-order valence-corrected chi connectivity index (χ4v) is 3.80. The minimum atomic E-state index is -4.50. The molecule has 3 rings (SSSR count). The normalized spacial score (nSPS) is 16.5. The smallest absolute Gasteiger partial charge is 0.326 e. The van der Waals surface area contributed by atoms with E-state index >= 15 is 0 Å². The standard InChI is InChI=1S/C17H11Cl2F3N2O2S/c18-10-3-2-9(6-11(10)19)23-15(25)7-14-16(26)24-12-5-8(17(20,21)22)1-4-13(12)27-14/h1-6,14H,7H2,(H,23,25)(H,24,26). The topological polar surface area (TPSA) is 58.2 Å². The van der Waals surface area contributed by atoms with Crippen molar-refractivity contribution in [3.8, 4) is 0 Å². The van der Waals surface area contributed by atoms with Crippen molar-refractivity contribution in [3.05, 3.63) is 52.0 Å². The molecule has 0 aliphatic carbocycles. The van der Waals surface area contributed by atoms with Gasteiger partial charge < -0.3 is 10.6 Å². The first kappa shape index (κ1) is 19.9. The number of hydrogen-bond donors (Lipinski definition) is 2. The van der Waals surface area contributed by atoms with Gasteiger partial charge in [0.2, 0.25) is 11.8 Å². The molecular formula is C17H11Cl2F3N2O2S. The van der Waals surface area contributed by atoms with E-state index in [-0.39, 0.29) is 17.1 Å². The lowest BCUT2D eigenvalue weighted by Crippen LogP contribution is -2.32. The van der Waals surface area contributed by atoms with E-state index < -0.39 is 28.8 Å². The number of thioether (sulfide) groups is 1. The number of carbonyl (C=O) groups excluding carboxylic acids is 2. The number of alkyl halides is 3. The molecule has 2 amide bonds. The molecule has 27 heavy (non-hydrogen) atoms. The first-order valence-corrected chi connectivity index (χ1v) is 9.21. The molecule has 0 bridgehead atoms. The number of halogens is 5. The van der Waals surface area contributed by atoms with Crippen molar-refractivity contribution in [3.63, 3.8) is 0 Å². The van der Waals surface area contributed by atoms with Crippen LogP contribution in [0, 0.1) is 0 Å². The van der Waals surface area contributed by atoms with Gasteiger partial charge in [0.15, 0.2) is 0 Å². The van der Waals surface area contributed by atoms with Crippen LogP contribution in [0.25, 0.3) is 0 Å². The van der Waals surface area contributed by atoms with Crippen LogP contribution in [0.5, 0.6) is 0 Å². The summed E-state index contributed by atoms with van der Waals surface area (Å²) in [5.74, 6) is -0.965. The van der Waals surface area contributed by atoms with Crippen LogP contribution in [-0.2, 0) is 15.8 Å². The predicted molar refractivity (Wildman–Crippen MR) is 99.4 cm³/mol. The molecule has 142 valence electrons. The van der Waals surface area contributed by atoms with Gasteiger partial charge in [0.1, 0.15) is 0 Å². The van der Waals surface area contributed by atoms with Gasteiger partial charge >= 0.3 is 6.18 Å². The maximum atomic E-state index is 12.8. The van der Waals surface area contributed by atoms with Gasteiger partial charge in [0.25, 0.3) is 0 Å². The third-order valence-corrected chi connectivity index (χ3v) is 5.71. The van der Waals surface area contributed by atoms with Crippen LogP contribution < -0.4 is 10.6 Å². The van der Waals surface area contributed by atoms with Crippen molar-refractivity contribution in [2.45, 2.75) is 22.7 Å². The second-order valence-corrected chi connectivity index (χ2v) is 7.74. The molecule has 0 saturated heterocycles. The van der Waals surface area contributed by atoms with Gasteiger partial charge in [0.05, 0.1) is 26.5 Å². The zero-order chi connectivity index (χ0) is 19.8. The molecule has 1 aliphatic heterocycles. The molecule has 1 unspecified atom stereocenters. The summed E-state index contributed by atoms with van der Waals surface area (Å²) in [4.78, 5) is 24.8. The molecule has 1 heterocycles. The lowest BCUT2D eigenvalue weighted by Gasteiger charge is -2.24. The second-order valence-electron chi connectivity index (χ2n) is 5.69. The fraction of sp³-hybridized carbons (Fsp3) is 0.176. The van der Waals surface area contributed by atoms with E-state index in [9.17, 15) is 22.8 Å². The van der Waals surface area contributed by atoms with Gasteiger partial charge in [-0.1, -0.05) is 23.2 Å². The number of amides is 2. The highest BCUT2D eigenvalue weighted by molar-refractivity contribution is 8.01. The monoisotopic (exact) mass is 434 g/mol. The maximum absolute atomic E-state index is 12.8. The number of nitrogens with one attached hydrogen (secondary N) is 2.